The molecule has 0 amide bonds. The van der Waals surface area contributed by atoms with Crippen LogP contribution in [0.4, 0.5) is 8.78 Å². The molecule has 4 heteroatoms. The average Bonchev–Trinajstić information content (AvgIpc) is 2.82. The number of hydrogen-bond donors (Lipinski definition) is 0. The number of rotatable bonds is 6. The van der Waals surface area contributed by atoms with Crippen LogP contribution in [0.2, 0.25) is 0 Å². The van der Waals surface area contributed by atoms with Crippen molar-refractivity contribution in [3.8, 4) is 5.75 Å². The van der Waals surface area contributed by atoms with E-state index in [0.29, 0.717) is 11.8 Å². The molecule has 2 aliphatic rings. The molecule has 2 nitrogen and oxygen atoms in total. The molecule has 32 heavy (non-hydrogen) atoms. The van der Waals surface area contributed by atoms with Gasteiger partial charge in [-0.2, -0.15) is 0 Å². The third-order valence-electron chi connectivity index (χ3n) is 7.83. The molecule has 2 aromatic rings. The Hall–Kier alpha value is -2.23. The van der Waals surface area contributed by atoms with Gasteiger partial charge in [-0.1, -0.05) is 50.1 Å². The number of ether oxygens (including phenoxy) is 1. The predicted molar refractivity (Wildman–Crippen MR) is 122 cm³/mol. The Kier molecular flexibility index (Phi) is 7.59. The van der Waals surface area contributed by atoms with Gasteiger partial charge in [-0.3, -0.25) is 4.79 Å². The second-order valence-corrected chi connectivity index (χ2v) is 9.94. The number of carbonyl (C=O) groups excluding carboxylic acids is 1. The van der Waals surface area contributed by atoms with Crippen molar-refractivity contribution in [1.29, 1.82) is 0 Å². The summed E-state index contributed by atoms with van der Waals surface area (Å²) in [6.45, 7) is 2.35. The lowest BCUT2D eigenvalue weighted by Gasteiger charge is -2.38. The lowest BCUT2D eigenvalue weighted by molar-refractivity contribution is -0.140. The molecule has 0 N–H and O–H groups in total. The quantitative estimate of drug-likeness (QED) is 0.340. The molecule has 2 fully saturated rings. The molecule has 0 bridgehead atoms. The highest BCUT2D eigenvalue weighted by Crippen LogP contribution is 2.43. The fourth-order valence-electron chi connectivity index (χ4n) is 5.88. The Morgan fingerprint density at radius 3 is 2.12 bits per heavy atom. The summed E-state index contributed by atoms with van der Waals surface area (Å²) in [5.74, 6) is 0.630. The van der Waals surface area contributed by atoms with E-state index >= 15 is 0 Å². The largest absolute Gasteiger partial charge is 0.426 e. The normalized spacial score (nSPS) is 27.0. The molecule has 0 spiro atoms. The highest BCUT2D eigenvalue weighted by atomic mass is 19.2. The first-order valence-electron chi connectivity index (χ1n) is 12.2. The molecule has 2 saturated carbocycles. The van der Waals surface area contributed by atoms with Crippen LogP contribution < -0.4 is 4.74 Å². The van der Waals surface area contributed by atoms with Crippen LogP contribution in [0.5, 0.6) is 5.75 Å². The molecule has 4 rings (SSSR count). The zero-order chi connectivity index (χ0) is 22.5. The fraction of sp³-hybridized carbons (Fsp3) is 0.536. The summed E-state index contributed by atoms with van der Waals surface area (Å²) in [6, 6.07) is 14.1. The second-order valence-electron chi connectivity index (χ2n) is 9.94. The van der Waals surface area contributed by atoms with Crippen LogP contribution in [0.3, 0.4) is 0 Å². The summed E-state index contributed by atoms with van der Waals surface area (Å²) in [6.07, 6.45) is 10.3. The molecule has 0 unspecified atom stereocenters. The van der Waals surface area contributed by atoms with Gasteiger partial charge in [0, 0.05) is 6.07 Å². The van der Waals surface area contributed by atoms with E-state index in [1.165, 1.54) is 43.7 Å². The zero-order valence-corrected chi connectivity index (χ0v) is 18.9. The zero-order valence-electron chi connectivity index (χ0n) is 18.9. The number of esters is 1. The van der Waals surface area contributed by atoms with Gasteiger partial charge in [-0.05, 0) is 86.3 Å². The summed E-state index contributed by atoms with van der Waals surface area (Å²) in [4.78, 5) is 12.5. The van der Waals surface area contributed by atoms with Crippen LogP contribution in [0.1, 0.15) is 76.2 Å². The lowest BCUT2D eigenvalue weighted by Crippen LogP contribution is -2.30. The van der Waals surface area contributed by atoms with Crippen molar-refractivity contribution in [2.75, 3.05) is 0 Å². The van der Waals surface area contributed by atoms with Gasteiger partial charge in [0.25, 0.3) is 0 Å². The number of benzene rings is 2. The SMILES string of the molecule is C[C@H](CC1CCC(C2CCC(C(=O)Oc3ccc(F)c(F)c3)CC2)CC1)c1ccccc1. The minimum absolute atomic E-state index is 0.0825. The van der Waals surface area contributed by atoms with Crippen molar-refractivity contribution < 1.29 is 18.3 Å². The summed E-state index contributed by atoms with van der Waals surface area (Å²) in [7, 11) is 0. The topological polar surface area (TPSA) is 26.3 Å². The molecular weight excluding hydrogens is 406 g/mol. The van der Waals surface area contributed by atoms with E-state index in [1.807, 2.05) is 0 Å². The maximum atomic E-state index is 13.3. The Labute approximate surface area is 190 Å². The maximum absolute atomic E-state index is 13.3. The van der Waals surface area contributed by atoms with Crippen molar-refractivity contribution in [3.05, 3.63) is 65.7 Å². The Morgan fingerprint density at radius 1 is 0.875 bits per heavy atom. The van der Waals surface area contributed by atoms with Crippen LogP contribution >= 0.6 is 0 Å². The van der Waals surface area contributed by atoms with Crippen LogP contribution in [0, 0.1) is 35.3 Å². The fourth-order valence-corrected chi connectivity index (χ4v) is 5.88. The summed E-state index contributed by atoms with van der Waals surface area (Å²) >= 11 is 0. The number of halogens is 2. The highest BCUT2D eigenvalue weighted by molar-refractivity contribution is 5.75. The van der Waals surface area contributed by atoms with Gasteiger partial charge in [-0.25, -0.2) is 8.78 Å². The number of carbonyl (C=O) groups is 1. The van der Waals surface area contributed by atoms with Crippen molar-refractivity contribution >= 4 is 5.97 Å². The third-order valence-corrected chi connectivity index (χ3v) is 7.83. The van der Waals surface area contributed by atoms with Gasteiger partial charge in [0.15, 0.2) is 11.6 Å². The molecular formula is C28H34F2O2. The van der Waals surface area contributed by atoms with Crippen LogP contribution in [-0.4, -0.2) is 5.97 Å². The van der Waals surface area contributed by atoms with Crippen LogP contribution in [0.15, 0.2) is 48.5 Å². The molecule has 0 aromatic heterocycles. The van der Waals surface area contributed by atoms with Crippen molar-refractivity contribution in [3.63, 3.8) is 0 Å². The average molecular weight is 441 g/mol. The standard InChI is InChI=1S/C28H34F2O2/c1-19(21-5-3-2-4-6-21)17-20-7-9-22(10-8-20)23-11-13-24(14-12-23)28(31)32-25-15-16-26(29)27(30)18-25/h2-6,15-16,18-20,22-24H,7-14,17H2,1H3/t19-,20?,22?,23?,24?/m1/s1. The van der Waals surface area contributed by atoms with Crippen molar-refractivity contribution in [2.45, 2.75) is 70.6 Å². The highest BCUT2D eigenvalue weighted by Gasteiger charge is 2.34. The smallest absolute Gasteiger partial charge is 0.314 e. The summed E-state index contributed by atoms with van der Waals surface area (Å²) in [5.41, 5.74) is 1.45. The van der Waals surface area contributed by atoms with Gasteiger partial charge >= 0.3 is 5.97 Å². The lowest BCUT2D eigenvalue weighted by atomic mass is 9.68. The molecule has 0 radical (unpaired) electrons. The molecule has 0 heterocycles. The van der Waals surface area contributed by atoms with Crippen LogP contribution in [-0.2, 0) is 4.79 Å². The van der Waals surface area contributed by atoms with E-state index in [-0.39, 0.29) is 17.6 Å². The first-order valence-corrected chi connectivity index (χ1v) is 12.2. The van der Waals surface area contributed by atoms with E-state index in [2.05, 4.69) is 37.3 Å². The maximum Gasteiger partial charge on any atom is 0.314 e. The first kappa shape index (κ1) is 22.9. The van der Waals surface area contributed by atoms with E-state index in [9.17, 15) is 13.6 Å². The molecule has 2 aliphatic carbocycles. The van der Waals surface area contributed by atoms with Gasteiger partial charge in [-0.15, -0.1) is 0 Å². The van der Waals surface area contributed by atoms with E-state index in [0.717, 1.165) is 49.7 Å². The molecule has 172 valence electrons. The van der Waals surface area contributed by atoms with E-state index in [1.54, 1.807) is 0 Å². The first-order chi connectivity index (χ1) is 15.5. The Morgan fingerprint density at radius 2 is 1.50 bits per heavy atom. The number of hydrogen-bond acceptors (Lipinski definition) is 2. The molecule has 2 aromatic carbocycles. The van der Waals surface area contributed by atoms with Gasteiger partial charge in [0.05, 0.1) is 5.92 Å². The minimum atomic E-state index is -0.993. The molecule has 0 saturated heterocycles. The Bertz CT molecular complexity index is 882. The van der Waals surface area contributed by atoms with E-state index < -0.39 is 11.6 Å². The van der Waals surface area contributed by atoms with Gasteiger partial charge < -0.3 is 4.74 Å². The van der Waals surface area contributed by atoms with Gasteiger partial charge in [0.1, 0.15) is 5.75 Å². The third kappa shape index (κ3) is 5.76. The van der Waals surface area contributed by atoms with Gasteiger partial charge in [0.2, 0.25) is 0 Å². The van der Waals surface area contributed by atoms with Crippen molar-refractivity contribution in [2.24, 2.45) is 23.7 Å². The monoisotopic (exact) mass is 440 g/mol. The molecule has 1 atom stereocenters. The van der Waals surface area contributed by atoms with Crippen LogP contribution in [0.25, 0.3) is 0 Å². The predicted octanol–water partition coefficient (Wildman–Crippen LogP) is 7.68. The summed E-state index contributed by atoms with van der Waals surface area (Å²) in [5, 5.41) is 0. The van der Waals surface area contributed by atoms with E-state index in [4.69, 9.17) is 4.74 Å². The van der Waals surface area contributed by atoms with Crippen molar-refractivity contribution in [1.82, 2.24) is 0 Å². The summed E-state index contributed by atoms with van der Waals surface area (Å²) < 4.78 is 31.7. The Balaban J connectivity index is 1.19. The minimum Gasteiger partial charge on any atom is -0.426 e. The molecule has 0 aliphatic heterocycles. The second kappa shape index (κ2) is 10.6.